The van der Waals surface area contributed by atoms with E-state index in [0.29, 0.717) is 13.0 Å². The van der Waals surface area contributed by atoms with Gasteiger partial charge in [0, 0.05) is 29.7 Å². The van der Waals surface area contributed by atoms with Gasteiger partial charge in [-0.1, -0.05) is 19.1 Å². The van der Waals surface area contributed by atoms with Crippen LogP contribution in [0.5, 0.6) is 5.75 Å². The minimum absolute atomic E-state index is 0.146. The first-order valence-corrected chi connectivity index (χ1v) is 9.50. The summed E-state index contributed by atoms with van der Waals surface area (Å²) in [5, 5.41) is 13.5. The lowest BCUT2D eigenvalue weighted by molar-refractivity contribution is -0.490. The Hall–Kier alpha value is -2.97. The number of ketones is 1. The molecule has 1 aliphatic carbocycles. The SMILES string of the molecule is COc1ccc(CCNC(=O)COC(=O)C[C@@H]2C(=O)C[C@@H](C)[C@H]2C[N+](=O)[O-])cc1. The first-order chi connectivity index (χ1) is 13.8. The van der Waals surface area contributed by atoms with E-state index < -0.39 is 35.2 Å². The molecule has 0 aromatic heterocycles. The molecule has 9 heteroatoms. The van der Waals surface area contributed by atoms with Crippen LogP contribution in [0.2, 0.25) is 0 Å². The van der Waals surface area contributed by atoms with E-state index in [-0.39, 0.29) is 31.1 Å². The van der Waals surface area contributed by atoms with Gasteiger partial charge in [0.25, 0.3) is 5.91 Å². The Morgan fingerprint density at radius 2 is 1.97 bits per heavy atom. The summed E-state index contributed by atoms with van der Waals surface area (Å²) < 4.78 is 10.0. The van der Waals surface area contributed by atoms with Crippen LogP contribution in [0.4, 0.5) is 0 Å². The quantitative estimate of drug-likeness (QED) is 0.354. The van der Waals surface area contributed by atoms with Gasteiger partial charge in [-0.15, -0.1) is 0 Å². The van der Waals surface area contributed by atoms with Crippen LogP contribution < -0.4 is 10.1 Å². The lowest BCUT2D eigenvalue weighted by Gasteiger charge is -2.17. The number of methoxy groups -OCH3 is 1. The standard InChI is InChI=1S/C20H26N2O7/c1-13-9-18(23)16(17(13)11-22(26)27)10-20(25)29-12-19(24)21-8-7-14-3-5-15(28-2)6-4-14/h3-6,13,16-17H,7-12H2,1-2H3,(H,21,24)/t13-,16+,17-/m1/s1. The minimum Gasteiger partial charge on any atom is -0.497 e. The summed E-state index contributed by atoms with van der Waals surface area (Å²) in [6.07, 6.45) is 0.601. The fourth-order valence-electron chi connectivity index (χ4n) is 3.57. The lowest BCUT2D eigenvalue weighted by atomic mass is 9.88. The highest BCUT2D eigenvalue weighted by Crippen LogP contribution is 2.36. The minimum atomic E-state index is -0.721. The fourth-order valence-corrected chi connectivity index (χ4v) is 3.57. The van der Waals surface area contributed by atoms with Gasteiger partial charge in [0.2, 0.25) is 6.54 Å². The molecule has 29 heavy (non-hydrogen) atoms. The molecule has 9 nitrogen and oxygen atoms in total. The van der Waals surface area contributed by atoms with Gasteiger partial charge in [-0.3, -0.25) is 24.5 Å². The van der Waals surface area contributed by atoms with Crippen molar-refractivity contribution in [3.63, 3.8) is 0 Å². The number of esters is 1. The van der Waals surface area contributed by atoms with Crippen molar-refractivity contribution in [2.45, 2.75) is 26.2 Å². The monoisotopic (exact) mass is 406 g/mol. The molecule has 1 N–H and O–H groups in total. The zero-order valence-electron chi connectivity index (χ0n) is 16.6. The van der Waals surface area contributed by atoms with E-state index in [1.165, 1.54) is 0 Å². The Bertz CT molecular complexity index is 748. The molecule has 158 valence electrons. The van der Waals surface area contributed by atoms with Crippen LogP contribution in [0, 0.1) is 27.9 Å². The first kappa shape index (κ1) is 22.3. The molecule has 1 aliphatic rings. The molecule has 0 radical (unpaired) electrons. The maximum absolute atomic E-state index is 12.0. The Labute approximate surface area is 168 Å². The summed E-state index contributed by atoms with van der Waals surface area (Å²) in [5.41, 5.74) is 1.02. The average Bonchev–Trinajstić information content (AvgIpc) is 2.93. The number of nitro groups is 1. The average molecular weight is 406 g/mol. The number of carbonyl (C=O) groups is 3. The van der Waals surface area contributed by atoms with Crippen molar-refractivity contribution in [2.24, 2.45) is 17.8 Å². The van der Waals surface area contributed by atoms with Crippen LogP contribution in [0.25, 0.3) is 0 Å². The van der Waals surface area contributed by atoms with Crippen LogP contribution in [0.3, 0.4) is 0 Å². The van der Waals surface area contributed by atoms with Gasteiger partial charge in [-0.05, 0) is 30.0 Å². The van der Waals surface area contributed by atoms with Gasteiger partial charge in [0.05, 0.1) is 13.5 Å². The fraction of sp³-hybridized carbons (Fsp3) is 0.550. The van der Waals surface area contributed by atoms with Crippen LogP contribution in [0.1, 0.15) is 25.3 Å². The largest absolute Gasteiger partial charge is 0.497 e. The summed E-state index contributed by atoms with van der Waals surface area (Å²) in [4.78, 5) is 46.2. The van der Waals surface area contributed by atoms with Crippen LogP contribution >= 0.6 is 0 Å². The highest BCUT2D eigenvalue weighted by molar-refractivity contribution is 5.88. The zero-order chi connectivity index (χ0) is 21.4. The Kier molecular flexibility index (Phi) is 8.11. The summed E-state index contributed by atoms with van der Waals surface area (Å²) >= 11 is 0. The second-order valence-electron chi connectivity index (χ2n) is 7.25. The van der Waals surface area contributed by atoms with Crippen molar-refractivity contribution in [1.29, 1.82) is 0 Å². The normalized spacial score (nSPS) is 20.9. The molecule has 1 aromatic rings. The number of hydrogen-bond donors (Lipinski definition) is 1. The number of rotatable bonds is 10. The number of Topliss-reactive ketones (excluding diaryl/α,β-unsaturated/α-hetero) is 1. The second-order valence-corrected chi connectivity index (χ2v) is 7.25. The van der Waals surface area contributed by atoms with Crippen molar-refractivity contribution in [3.8, 4) is 5.75 Å². The topological polar surface area (TPSA) is 125 Å². The smallest absolute Gasteiger partial charge is 0.307 e. The molecular formula is C20H26N2O7. The number of nitrogens with zero attached hydrogens (tertiary/aromatic N) is 1. The van der Waals surface area contributed by atoms with E-state index >= 15 is 0 Å². The summed E-state index contributed by atoms with van der Waals surface area (Å²) in [6, 6.07) is 7.45. The second kappa shape index (κ2) is 10.5. The predicted octanol–water partition coefficient (Wildman–Crippen LogP) is 1.41. The molecular weight excluding hydrogens is 380 g/mol. The molecule has 0 unspecified atom stereocenters. The van der Waals surface area contributed by atoms with Crippen LogP contribution in [-0.4, -0.2) is 49.4 Å². The van der Waals surface area contributed by atoms with E-state index in [2.05, 4.69) is 5.32 Å². The molecule has 0 spiro atoms. The van der Waals surface area contributed by atoms with Gasteiger partial charge < -0.3 is 14.8 Å². The molecule has 0 heterocycles. The summed E-state index contributed by atoms with van der Waals surface area (Å²) in [5.74, 6) is -1.90. The maximum Gasteiger partial charge on any atom is 0.307 e. The zero-order valence-corrected chi connectivity index (χ0v) is 16.6. The molecule has 1 aromatic carbocycles. The van der Waals surface area contributed by atoms with Gasteiger partial charge in [0.1, 0.15) is 11.5 Å². The maximum atomic E-state index is 12.0. The Balaban J connectivity index is 1.71. The van der Waals surface area contributed by atoms with E-state index in [9.17, 15) is 24.5 Å². The molecule has 3 atom stereocenters. The number of ether oxygens (including phenoxy) is 2. The van der Waals surface area contributed by atoms with Crippen LogP contribution in [0.15, 0.2) is 24.3 Å². The third kappa shape index (κ3) is 6.85. The predicted molar refractivity (Wildman–Crippen MR) is 103 cm³/mol. The number of hydrogen-bond acceptors (Lipinski definition) is 7. The van der Waals surface area contributed by atoms with Gasteiger partial charge >= 0.3 is 5.97 Å². The van der Waals surface area contributed by atoms with E-state index in [4.69, 9.17) is 9.47 Å². The van der Waals surface area contributed by atoms with Gasteiger partial charge in [-0.25, -0.2) is 0 Å². The van der Waals surface area contributed by atoms with Crippen molar-refractivity contribution >= 4 is 17.7 Å². The van der Waals surface area contributed by atoms with Crippen molar-refractivity contribution in [2.75, 3.05) is 26.8 Å². The molecule has 0 aliphatic heterocycles. The molecule has 1 amide bonds. The highest BCUT2D eigenvalue weighted by atomic mass is 16.6. The Morgan fingerprint density at radius 1 is 1.28 bits per heavy atom. The third-order valence-corrected chi connectivity index (χ3v) is 5.19. The van der Waals surface area contributed by atoms with Crippen molar-refractivity contribution in [3.05, 3.63) is 39.9 Å². The van der Waals surface area contributed by atoms with Crippen LogP contribution in [-0.2, 0) is 25.5 Å². The number of amides is 1. The van der Waals surface area contributed by atoms with Gasteiger partial charge in [-0.2, -0.15) is 0 Å². The Morgan fingerprint density at radius 3 is 2.59 bits per heavy atom. The third-order valence-electron chi connectivity index (χ3n) is 5.19. The van der Waals surface area contributed by atoms with E-state index in [0.717, 1.165) is 11.3 Å². The summed E-state index contributed by atoms with van der Waals surface area (Å²) in [6.45, 7) is 1.36. The van der Waals surface area contributed by atoms with Crippen molar-refractivity contribution < 1.29 is 28.8 Å². The molecule has 1 fully saturated rings. The number of nitrogens with one attached hydrogen (secondary N) is 1. The number of benzene rings is 1. The lowest BCUT2D eigenvalue weighted by Crippen LogP contribution is -2.32. The first-order valence-electron chi connectivity index (χ1n) is 9.50. The molecule has 2 rings (SSSR count). The van der Waals surface area contributed by atoms with E-state index in [1.54, 1.807) is 14.0 Å². The molecule has 0 bridgehead atoms. The van der Waals surface area contributed by atoms with E-state index in [1.807, 2.05) is 24.3 Å². The number of carbonyl (C=O) groups excluding carboxylic acids is 3. The van der Waals surface area contributed by atoms with Crippen molar-refractivity contribution in [1.82, 2.24) is 5.32 Å². The molecule has 0 saturated heterocycles. The molecule has 1 saturated carbocycles. The van der Waals surface area contributed by atoms with Gasteiger partial charge in [0.15, 0.2) is 6.61 Å². The highest BCUT2D eigenvalue weighted by Gasteiger charge is 2.44. The summed E-state index contributed by atoms with van der Waals surface area (Å²) in [7, 11) is 1.59.